The van der Waals surface area contributed by atoms with E-state index < -0.39 is 11.3 Å². The summed E-state index contributed by atoms with van der Waals surface area (Å²) in [5.41, 5.74) is 4.98. The van der Waals surface area contributed by atoms with Crippen molar-refractivity contribution in [3.05, 3.63) is 144 Å². The van der Waals surface area contributed by atoms with Gasteiger partial charge in [-0.05, 0) is 13.8 Å². The van der Waals surface area contributed by atoms with Gasteiger partial charge in [-0.2, -0.15) is 0 Å². The predicted molar refractivity (Wildman–Crippen MR) is 172 cm³/mol. The lowest BCUT2D eigenvalue weighted by Crippen LogP contribution is -2.53. The molecule has 0 amide bonds. The average molecular weight is 551 g/mol. The molecule has 0 aromatic heterocycles. The summed E-state index contributed by atoms with van der Waals surface area (Å²) in [7, 11) is 0. The molecule has 1 fully saturated rings. The minimum atomic E-state index is -0.654. The monoisotopic (exact) mass is 550 g/mol. The Bertz CT molecular complexity index is 1560. The van der Waals surface area contributed by atoms with Crippen LogP contribution in [-0.2, 0) is 11.3 Å². The lowest BCUT2D eigenvalue weighted by molar-refractivity contribution is 0.261. The topological polar surface area (TPSA) is 55.9 Å². The summed E-state index contributed by atoms with van der Waals surface area (Å²) in [4.78, 5) is 25.8. The quantitative estimate of drug-likeness (QED) is 0.306. The van der Waals surface area contributed by atoms with Gasteiger partial charge in [0.2, 0.25) is 0 Å². The highest BCUT2D eigenvalue weighted by Gasteiger charge is 2.40. The summed E-state index contributed by atoms with van der Waals surface area (Å²) in [6.07, 6.45) is 0. The van der Waals surface area contributed by atoms with Crippen LogP contribution >= 0.6 is 0 Å². The van der Waals surface area contributed by atoms with Crippen molar-refractivity contribution in [2.75, 3.05) is 26.2 Å². The molecule has 3 aliphatic heterocycles. The number of piperazine rings is 1. The molecule has 0 N–H and O–H groups in total. The molecule has 1 saturated heterocycles. The Labute approximate surface area is 247 Å². The second kappa shape index (κ2) is 10.5. The zero-order chi connectivity index (χ0) is 28.6. The first-order chi connectivity index (χ1) is 20.5. The number of amidine groups is 2. The van der Waals surface area contributed by atoms with Crippen molar-refractivity contribution in [3.8, 4) is 0 Å². The van der Waals surface area contributed by atoms with E-state index in [1.54, 1.807) is 0 Å². The van der Waals surface area contributed by atoms with Crippen molar-refractivity contribution in [1.82, 2.24) is 9.80 Å². The van der Waals surface area contributed by atoms with Gasteiger partial charge < -0.3 is 9.80 Å². The zero-order valence-electron chi connectivity index (χ0n) is 24.1. The molecule has 3 aliphatic rings. The molecule has 0 bridgehead atoms. The standard InChI is InChI=1S/C36H34N6/c1-35(29-19-11-5-12-20-29)37-31(27-15-7-3-8-16-27)33(39-35)41-23-25-42(26-24-41)34-32(28-17-9-4-10-18-28)38-36(2,40-34)30-21-13-6-14-22-30/h3-22H,23-26H2,1-2H3. The maximum absolute atomic E-state index is 5.29. The van der Waals surface area contributed by atoms with Gasteiger partial charge >= 0.3 is 0 Å². The van der Waals surface area contributed by atoms with Crippen LogP contribution < -0.4 is 0 Å². The van der Waals surface area contributed by atoms with Crippen molar-refractivity contribution >= 4 is 23.1 Å². The van der Waals surface area contributed by atoms with Gasteiger partial charge in [-0.25, -0.2) is 20.0 Å². The molecule has 2 unspecified atom stereocenters. The first kappa shape index (κ1) is 26.1. The molecular formula is C36H34N6. The molecule has 208 valence electrons. The number of benzene rings is 4. The zero-order valence-corrected chi connectivity index (χ0v) is 24.1. The van der Waals surface area contributed by atoms with Gasteiger partial charge in [0, 0.05) is 48.4 Å². The third kappa shape index (κ3) is 4.73. The number of rotatable bonds is 4. The summed E-state index contributed by atoms with van der Waals surface area (Å²) in [5.74, 6) is 1.93. The van der Waals surface area contributed by atoms with Crippen LogP contribution in [0.3, 0.4) is 0 Å². The van der Waals surface area contributed by atoms with Gasteiger partial charge in [-0.1, -0.05) is 121 Å². The van der Waals surface area contributed by atoms with E-state index in [-0.39, 0.29) is 0 Å². The van der Waals surface area contributed by atoms with Gasteiger partial charge in [0.15, 0.2) is 23.0 Å². The third-order valence-corrected chi connectivity index (χ3v) is 8.34. The van der Waals surface area contributed by atoms with Crippen molar-refractivity contribution < 1.29 is 0 Å². The van der Waals surface area contributed by atoms with Crippen LogP contribution in [0.5, 0.6) is 0 Å². The Balaban J connectivity index is 1.19. The van der Waals surface area contributed by atoms with E-state index in [1.807, 2.05) is 24.3 Å². The van der Waals surface area contributed by atoms with E-state index >= 15 is 0 Å². The molecule has 0 saturated carbocycles. The van der Waals surface area contributed by atoms with Crippen LogP contribution in [0.4, 0.5) is 0 Å². The summed E-state index contributed by atoms with van der Waals surface area (Å²) < 4.78 is 0. The molecule has 0 radical (unpaired) electrons. The van der Waals surface area contributed by atoms with Crippen molar-refractivity contribution in [3.63, 3.8) is 0 Å². The Morgan fingerprint density at radius 3 is 1.07 bits per heavy atom. The van der Waals surface area contributed by atoms with Crippen LogP contribution in [0.15, 0.2) is 141 Å². The number of aliphatic imine (C=N–C) groups is 4. The summed E-state index contributed by atoms with van der Waals surface area (Å²) in [6.45, 7) is 7.48. The van der Waals surface area contributed by atoms with Crippen LogP contribution in [0.1, 0.15) is 36.1 Å². The van der Waals surface area contributed by atoms with Gasteiger partial charge in [-0.15, -0.1) is 0 Å². The van der Waals surface area contributed by atoms with E-state index in [0.29, 0.717) is 0 Å². The normalized spacial score (nSPS) is 23.8. The molecule has 42 heavy (non-hydrogen) atoms. The minimum absolute atomic E-state index is 0.654. The SMILES string of the molecule is CC1(c2ccccc2)N=C(c2ccccc2)C(N2CCN(C3=NC(C)(c4ccccc4)N=C3c3ccccc3)CC2)=N1. The van der Waals surface area contributed by atoms with Crippen LogP contribution in [0.2, 0.25) is 0 Å². The maximum atomic E-state index is 5.29. The van der Waals surface area contributed by atoms with Gasteiger partial charge in [-0.3, -0.25) is 0 Å². The molecule has 6 nitrogen and oxygen atoms in total. The molecular weight excluding hydrogens is 516 g/mol. The molecule has 0 spiro atoms. The second-order valence-corrected chi connectivity index (χ2v) is 11.3. The van der Waals surface area contributed by atoms with Gasteiger partial charge in [0.1, 0.15) is 11.4 Å². The van der Waals surface area contributed by atoms with Crippen molar-refractivity contribution in [2.24, 2.45) is 20.0 Å². The summed E-state index contributed by atoms with van der Waals surface area (Å²) in [5, 5.41) is 0. The van der Waals surface area contributed by atoms with Crippen LogP contribution in [0.25, 0.3) is 0 Å². The number of nitrogens with zero attached hydrogens (tertiary/aromatic N) is 6. The largest absolute Gasteiger partial charge is 0.351 e. The summed E-state index contributed by atoms with van der Waals surface area (Å²) in [6, 6.07) is 41.6. The fourth-order valence-electron chi connectivity index (χ4n) is 6.02. The lowest BCUT2D eigenvalue weighted by Gasteiger charge is -2.37. The fourth-order valence-corrected chi connectivity index (χ4v) is 6.02. The molecule has 3 heterocycles. The molecule has 7 rings (SSSR count). The third-order valence-electron chi connectivity index (χ3n) is 8.34. The Hall–Kier alpha value is -4.84. The molecule has 4 aromatic carbocycles. The minimum Gasteiger partial charge on any atom is -0.351 e. The van der Waals surface area contributed by atoms with E-state index in [1.165, 1.54) is 0 Å². The second-order valence-electron chi connectivity index (χ2n) is 11.3. The summed E-state index contributed by atoms with van der Waals surface area (Å²) >= 11 is 0. The predicted octanol–water partition coefficient (Wildman–Crippen LogP) is 6.15. The average Bonchev–Trinajstić information content (AvgIpc) is 3.62. The highest BCUT2D eigenvalue weighted by Crippen LogP contribution is 2.35. The van der Waals surface area contributed by atoms with E-state index in [9.17, 15) is 0 Å². The molecule has 0 aliphatic carbocycles. The van der Waals surface area contributed by atoms with Crippen molar-refractivity contribution in [2.45, 2.75) is 25.2 Å². The molecule has 4 aromatic rings. The fraction of sp³-hybridized carbons (Fsp3) is 0.222. The molecule has 2 atom stereocenters. The van der Waals surface area contributed by atoms with Gasteiger partial charge in [0.05, 0.1) is 0 Å². The highest BCUT2D eigenvalue weighted by atomic mass is 15.4. The maximum Gasteiger partial charge on any atom is 0.176 e. The van der Waals surface area contributed by atoms with E-state index in [0.717, 1.165) is 71.5 Å². The highest BCUT2D eigenvalue weighted by molar-refractivity contribution is 6.49. The smallest absolute Gasteiger partial charge is 0.176 e. The number of hydrogen-bond acceptors (Lipinski definition) is 6. The molecule has 6 heteroatoms. The van der Waals surface area contributed by atoms with E-state index in [2.05, 4.69) is 121 Å². The van der Waals surface area contributed by atoms with E-state index in [4.69, 9.17) is 20.0 Å². The van der Waals surface area contributed by atoms with Crippen LogP contribution in [-0.4, -0.2) is 59.1 Å². The first-order valence-corrected chi connectivity index (χ1v) is 14.6. The van der Waals surface area contributed by atoms with Crippen molar-refractivity contribution in [1.29, 1.82) is 0 Å². The lowest BCUT2D eigenvalue weighted by atomic mass is 10.0. The van der Waals surface area contributed by atoms with Gasteiger partial charge in [0.25, 0.3) is 0 Å². The Kier molecular flexibility index (Phi) is 6.54. The Morgan fingerprint density at radius 2 is 0.738 bits per heavy atom. The Morgan fingerprint density at radius 1 is 0.429 bits per heavy atom. The number of hydrogen-bond donors (Lipinski definition) is 0. The first-order valence-electron chi connectivity index (χ1n) is 14.6. The van der Waals surface area contributed by atoms with Crippen LogP contribution in [0, 0.1) is 0 Å².